The van der Waals surface area contributed by atoms with Crippen LogP contribution in [0.2, 0.25) is 0 Å². The second-order valence-corrected chi connectivity index (χ2v) is 5.14. The number of hydrogen-bond donors (Lipinski definition) is 1. The number of carbonyl (C=O) groups is 2. The van der Waals surface area contributed by atoms with Crippen LogP contribution in [0, 0.1) is 5.92 Å². The van der Waals surface area contributed by atoms with E-state index in [0.29, 0.717) is 32.1 Å². The number of rotatable bonds is 7. The molecule has 1 aliphatic heterocycles. The van der Waals surface area contributed by atoms with Gasteiger partial charge < -0.3 is 15.0 Å². The molecule has 0 radical (unpaired) electrons. The van der Waals surface area contributed by atoms with Gasteiger partial charge in [0.2, 0.25) is 11.8 Å². The van der Waals surface area contributed by atoms with Gasteiger partial charge in [-0.1, -0.05) is 27.2 Å². The van der Waals surface area contributed by atoms with E-state index in [-0.39, 0.29) is 24.4 Å². The van der Waals surface area contributed by atoms with Gasteiger partial charge >= 0.3 is 0 Å². The van der Waals surface area contributed by atoms with Gasteiger partial charge in [0.15, 0.2) is 0 Å². The molecule has 1 aliphatic rings. The van der Waals surface area contributed by atoms with E-state index < -0.39 is 0 Å². The summed E-state index contributed by atoms with van der Waals surface area (Å²) in [4.78, 5) is 25.1. The zero-order chi connectivity index (χ0) is 13.5. The molecule has 104 valence electrons. The van der Waals surface area contributed by atoms with Gasteiger partial charge in [-0.25, -0.2) is 0 Å². The van der Waals surface area contributed by atoms with Crippen LogP contribution in [0.4, 0.5) is 0 Å². The van der Waals surface area contributed by atoms with Crippen molar-refractivity contribution in [3.63, 3.8) is 0 Å². The molecule has 1 heterocycles. The number of hydrogen-bond acceptors (Lipinski definition) is 3. The second-order valence-electron chi connectivity index (χ2n) is 5.14. The van der Waals surface area contributed by atoms with Crippen molar-refractivity contribution in [2.45, 2.75) is 39.7 Å². The maximum absolute atomic E-state index is 12.0. The fourth-order valence-electron chi connectivity index (χ4n) is 1.94. The number of nitrogens with one attached hydrogen (secondary N) is 1. The zero-order valence-corrected chi connectivity index (χ0v) is 11.6. The molecule has 1 saturated heterocycles. The van der Waals surface area contributed by atoms with Crippen molar-refractivity contribution in [3.05, 3.63) is 0 Å². The maximum atomic E-state index is 12.0. The molecule has 5 nitrogen and oxygen atoms in total. The van der Waals surface area contributed by atoms with Crippen LogP contribution in [0.15, 0.2) is 0 Å². The molecule has 1 rings (SSSR count). The summed E-state index contributed by atoms with van der Waals surface area (Å²) in [6.45, 7) is 8.00. The van der Waals surface area contributed by atoms with Crippen molar-refractivity contribution >= 4 is 11.8 Å². The second kappa shape index (κ2) is 7.36. The minimum Gasteiger partial charge on any atom is -0.379 e. The van der Waals surface area contributed by atoms with Crippen molar-refractivity contribution in [2.24, 2.45) is 5.92 Å². The summed E-state index contributed by atoms with van der Waals surface area (Å²) in [5.41, 5.74) is 0. The molecule has 0 aromatic heterocycles. The van der Waals surface area contributed by atoms with E-state index in [1.807, 2.05) is 6.92 Å². The molecule has 0 saturated carbocycles. The molecule has 0 aromatic carbocycles. The highest BCUT2D eigenvalue weighted by Gasteiger charge is 2.31. The lowest BCUT2D eigenvalue weighted by molar-refractivity contribution is -0.145. The summed E-state index contributed by atoms with van der Waals surface area (Å²) in [6.07, 6.45) is 1.59. The third-order valence-electron chi connectivity index (χ3n) is 2.81. The summed E-state index contributed by atoms with van der Waals surface area (Å²) >= 11 is 0. The van der Waals surface area contributed by atoms with Gasteiger partial charge in [-0.3, -0.25) is 9.59 Å². The highest BCUT2D eigenvalue weighted by molar-refractivity contribution is 5.94. The summed E-state index contributed by atoms with van der Waals surface area (Å²) in [5.74, 6) is 0.430. The number of piperazine rings is 1. The number of carbonyl (C=O) groups excluding carboxylic acids is 2. The normalized spacial score (nSPS) is 20.4. The van der Waals surface area contributed by atoms with Gasteiger partial charge in [-0.2, -0.15) is 0 Å². The van der Waals surface area contributed by atoms with Crippen molar-refractivity contribution < 1.29 is 14.3 Å². The molecule has 18 heavy (non-hydrogen) atoms. The third kappa shape index (κ3) is 4.64. The van der Waals surface area contributed by atoms with Crippen molar-refractivity contribution in [2.75, 3.05) is 26.3 Å². The monoisotopic (exact) mass is 256 g/mol. The fraction of sp³-hybridized carbons (Fsp3) is 0.846. The molecule has 0 aliphatic carbocycles. The lowest BCUT2D eigenvalue weighted by atomic mass is 10.1. The van der Waals surface area contributed by atoms with Crippen LogP contribution in [0.5, 0.6) is 0 Å². The van der Waals surface area contributed by atoms with E-state index in [0.717, 1.165) is 6.42 Å². The Morgan fingerprint density at radius 2 is 2.17 bits per heavy atom. The van der Waals surface area contributed by atoms with Crippen LogP contribution in [-0.2, 0) is 14.3 Å². The SMILES string of the molecule is CCCC1NC(=O)CN(CCOCC(C)C)C1=O. The van der Waals surface area contributed by atoms with Gasteiger partial charge in [-0.15, -0.1) is 0 Å². The van der Waals surface area contributed by atoms with Crippen LogP contribution in [0.1, 0.15) is 33.6 Å². The van der Waals surface area contributed by atoms with Gasteiger partial charge in [0.1, 0.15) is 6.04 Å². The Morgan fingerprint density at radius 3 is 2.78 bits per heavy atom. The minimum atomic E-state index is -0.346. The van der Waals surface area contributed by atoms with E-state index in [1.54, 1.807) is 4.90 Å². The molecule has 1 unspecified atom stereocenters. The van der Waals surface area contributed by atoms with E-state index in [2.05, 4.69) is 19.2 Å². The standard InChI is InChI=1S/C13H24N2O3/c1-4-5-11-13(17)15(8-12(16)14-11)6-7-18-9-10(2)3/h10-11H,4-9H2,1-3H3,(H,14,16). The van der Waals surface area contributed by atoms with Crippen LogP contribution in [0.25, 0.3) is 0 Å². The first kappa shape index (κ1) is 15.0. The summed E-state index contributed by atoms with van der Waals surface area (Å²) in [7, 11) is 0. The lowest BCUT2D eigenvalue weighted by Crippen LogP contribution is -2.58. The predicted octanol–water partition coefficient (Wildman–Crippen LogP) is 0.786. The van der Waals surface area contributed by atoms with Crippen molar-refractivity contribution in [3.8, 4) is 0 Å². The fourth-order valence-corrected chi connectivity index (χ4v) is 1.94. The van der Waals surface area contributed by atoms with Gasteiger partial charge in [0.05, 0.1) is 13.2 Å². The lowest BCUT2D eigenvalue weighted by Gasteiger charge is -2.32. The number of amides is 2. The van der Waals surface area contributed by atoms with E-state index in [4.69, 9.17) is 4.74 Å². The van der Waals surface area contributed by atoms with E-state index >= 15 is 0 Å². The Morgan fingerprint density at radius 1 is 1.44 bits per heavy atom. The van der Waals surface area contributed by atoms with Crippen LogP contribution in [0.3, 0.4) is 0 Å². The Balaban J connectivity index is 2.38. The predicted molar refractivity (Wildman–Crippen MR) is 69.1 cm³/mol. The molecule has 1 fully saturated rings. The molecular weight excluding hydrogens is 232 g/mol. The molecule has 0 bridgehead atoms. The first-order valence-corrected chi connectivity index (χ1v) is 6.70. The summed E-state index contributed by atoms with van der Waals surface area (Å²) < 4.78 is 5.45. The Bertz CT molecular complexity index is 292. The van der Waals surface area contributed by atoms with Crippen molar-refractivity contribution in [1.82, 2.24) is 10.2 Å². The summed E-state index contributed by atoms with van der Waals surface area (Å²) in [5, 5.41) is 2.73. The highest BCUT2D eigenvalue weighted by atomic mass is 16.5. The Labute approximate surface area is 109 Å². The number of nitrogens with zero attached hydrogens (tertiary/aromatic N) is 1. The van der Waals surface area contributed by atoms with Crippen LogP contribution >= 0.6 is 0 Å². The first-order valence-electron chi connectivity index (χ1n) is 6.70. The summed E-state index contributed by atoms with van der Waals surface area (Å²) in [6, 6.07) is -0.346. The first-order chi connectivity index (χ1) is 8.54. The van der Waals surface area contributed by atoms with Gasteiger partial charge in [0, 0.05) is 13.2 Å². The zero-order valence-electron chi connectivity index (χ0n) is 11.6. The molecule has 5 heteroatoms. The van der Waals surface area contributed by atoms with Gasteiger partial charge in [-0.05, 0) is 12.3 Å². The molecule has 1 atom stereocenters. The van der Waals surface area contributed by atoms with E-state index in [9.17, 15) is 9.59 Å². The topological polar surface area (TPSA) is 58.6 Å². The molecular formula is C13H24N2O3. The Kier molecular flexibility index (Phi) is 6.12. The van der Waals surface area contributed by atoms with Crippen molar-refractivity contribution in [1.29, 1.82) is 0 Å². The quantitative estimate of drug-likeness (QED) is 0.685. The molecule has 1 N–H and O–H groups in total. The minimum absolute atomic E-state index is 0.0181. The Hall–Kier alpha value is -1.10. The van der Waals surface area contributed by atoms with E-state index in [1.165, 1.54) is 0 Å². The molecule has 0 spiro atoms. The average Bonchev–Trinajstić information content (AvgIpc) is 2.30. The smallest absolute Gasteiger partial charge is 0.245 e. The molecule has 2 amide bonds. The number of ether oxygens (including phenoxy) is 1. The maximum Gasteiger partial charge on any atom is 0.245 e. The highest BCUT2D eigenvalue weighted by Crippen LogP contribution is 2.07. The van der Waals surface area contributed by atoms with Crippen LogP contribution < -0.4 is 5.32 Å². The third-order valence-corrected chi connectivity index (χ3v) is 2.81. The average molecular weight is 256 g/mol. The largest absolute Gasteiger partial charge is 0.379 e. The molecule has 0 aromatic rings. The van der Waals surface area contributed by atoms with Crippen LogP contribution in [-0.4, -0.2) is 49.1 Å². The van der Waals surface area contributed by atoms with Gasteiger partial charge in [0.25, 0.3) is 0 Å².